The van der Waals surface area contributed by atoms with E-state index in [1.54, 1.807) is 6.08 Å². The third kappa shape index (κ3) is 2.62. The second-order valence-corrected chi connectivity index (χ2v) is 9.37. The van der Waals surface area contributed by atoms with Crippen LogP contribution in [0.3, 0.4) is 0 Å². The minimum absolute atomic E-state index is 0.0539. The molecular weight excluding hydrogens is 330 g/mol. The molecule has 0 aromatic heterocycles. The van der Waals surface area contributed by atoms with E-state index < -0.39 is 12.6 Å². The lowest BCUT2D eigenvalue weighted by atomic mass is 9.48. The summed E-state index contributed by atoms with van der Waals surface area (Å²) in [6, 6.07) is 0.272. The van der Waals surface area contributed by atoms with Crippen LogP contribution in [0.1, 0.15) is 52.4 Å². The molecule has 0 aromatic rings. The van der Waals surface area contributed by atoms with E-state index in [-0.39, 0.29) is 22.8 Å². The van der Waals surface area contributed by atoms with E-state index in [0.29, 0.717) is 30.3 Å². The van der Waals surface area contributed by atoms with Gasteiger partial charge in [0, 0.05) is 11.5 Å². The van der Waals surface area contributed by atoms with Crippen LogP contribution in [0.25, 0.3) is 0 Å². The molecule has 0 radical (unpaired) electrons. The summed E-state index contributed by atoms with van der Waals surface area (Å²) in [6.45, 7) is 4.64. The quantitative estimate of drug-likeness (QED) is 0.757. The molecule has 0 saturated heterocycles. The number of hydrogen-bond donors (Lipinski definition) is 2. The summed E-state index contributed by atoms with van der Waals surface area (Å²) >= 11 is 0. The summed E-state index contributed by atoms with van der Waals surface area (Å²) in [4.78, 5) is 23.2. The molecule has 7 atom stereocenters. The summed E-state index contributed by atoms with van der Waals surface area (Å²) in [7, 11) is 0. The minimum atomic E-state index is -0.532. The van der Waals surface area contributed by atoms with Crippen molar-refractivity contribution in [1.82, 2.24) is 5.32 Å². The van der Waals surface area contributed by atoms with E-state index in [0.717, 1.165) is 19.3 Å². The number of fused-ring (bicyclic) bond motifs is 5. The molecule has 0 bridgehead atoms. The van der Waals surface area contributed by atoms with Crippen LogP contribution in [0.15, 0.2) is 12.2 Å². The van der Waals surface area contributed by atoms with Crippen LogP contribution >= 0.6 is 0 Å². The minimum Gasteiger partial charge on any atom is -0.464 e. The molecule has 1 amide bonds. The molecule has 3 saturated carbocycles. The molecule has 144 valence electrons. The van der Waals surface area contributed by atoms with Crippen molar-refractivity contribution in [1.29, 1.82) is 0 Å². The van der Waals surface area contributed by atoms with Crippen molar-refractivity contribution in [3.63, 3.8) is 0 Å². The number of carbonyl (C=O) groups is 2. The Kier molecular flexibility index (Phi) is 4.41. The Bertz CT molecular complexity index is 632. The van der Waals surface area contributed by atoms with E-state index in [9.17, 15) is 9.59 Å². The summed E-state index contributed by atoms with van der Waals surface area (Å²) < 4.78 is 5.30. The van der Waals surface area contributed by atoms with E-state index >= 15 is 0 Å². The third-order valence-corrected chi connectivity index (χ3v) is 8.46. The first-order valence-corrected chi connectivity index (χ1v) is 10.1. The van der Waals surface area contributed by atoms with Gasteiger partial charge in [0.05, 0.1) is 6.61 Å². The van der Waals surface area contributed by atoms with Crippen LogP contribution in [0.5, 0.6) is 0 Å². The monoisotopic (exact) mass is 361 g/mol. The summed E-state index contributed by atoms with van der Waals surface area (Å²) in [5.41, 5.74) is 0.293. The van der Waals surface area contributed by atoms with Gasteiger partial charge in [-0.25, -0.2) is 4.79 Å². The highest BCUT2D eigenvalue weighted by Crippen LogP contribution is 2.64. The summed E-state index contributed by atoms with van der Waals surface area (Å²) in [5, 5.41) is 12.1. The van der Waals surface area contributed by atoms with Crippen LogP contribution in [0.2, 0.25) is 0 Å². The number of hydrogen-bond acceptors (Lipinski definition) is 4. The number of esters is 1. The number of carbonyl (C=O) groups excluding carboxylic acids is 2. The van der Waals surface area contributed by atoms with Gasteiger partial charge in [-0.05, 0) is 73.7 Å². The fraction of sp³-hybridized carbons (Fsp3) is 0.810. The molecule has 3 fully saturated rings. The van der Waals surface area contributed by atoms with Crippen LogP contribution in [0.4, 0.5) is 0 Å². The van der Waals surface area contributed by atoms with E-state index in [4.69, 9.17) is 9.84 Å². The molecule has 1 aliphatic heterocycles. The zero-order chi connectivity index (χ0) is 18.5. The first kappa shape index (κ1) is 18.0. The van der Waals surface area contributed by atoms with Crippen molar-refractivity contribution in [2.45, 2.75) is 58.4 Å². The lowest BCUT2D eigenvalue weighted by Gasteiger charge is -2.58. The fourth-order valence-electron chi connectivity index (χ4n) is 6.96. The molecular formula is C21H31NO4. The first-order valence-electron chi connectivity index (χ1n) is 10.1. The van der Waals surface area contributed by atoms with Crippen molar-refractivity contribution in [2.24, 2.45) is 34.5 Å². The Hall–Kier alpha value is -1.36. The zero-order valence-corrected chi connectivity index (χ0v) is 15.9. The molecule has 5 heteroatoms. The van der Waals surface area contributed by atoms with Gasteiger partial charge in [-0.3, -0.25) is 4.79 Å². The van der Waals surface area contributed by atoms with Crippen molar-refractivity contribution < 1.29 is 19.4 Å². The average molecular weight is 361 g/mol. The number of ether oxygens (including phenoxy) is 1. The predicted molar refractivity (Wildman–Crippen MR) is 97.0 cm³/mol. The number of nitrogens with one attached hydrogen (secondary N) is 1. The van der Waals surface area contributed by atoms with E-state index in [1.165, 1.54) is 19.3 Å². The van der Waals surface area contributed by atoms with Crippen molar-refractivity contribution >= 4 is 11.9 Å². The predicted octanol–water partition coefficient (Wildman–Crippen LogP) is 2.44. The molecule has 5 nitrogen and oxygen atoms in total. The number of rotatable bonds is 3. The smallest absolute Gasteiger partial charge is 0.331 e. The molecule has 26 heavy (non-hydrogen) atoms. The molecule has 2 N–H and O–H groups in total. The Balaban J connectivity index is 1.53. The second-order valence-electron chi connectivity index (χ2n) is 9.37. The molecule has 0 aromatic carbocycles. The standard InChI is InChI=1S/C21H31NO4/c1-20-9-7-16-14(4-6-17-21(16,2)10-8-18(24)22-17)15(20)5-3-13(20)12-26-19(25)11-23/h8,10,13-17,23H,3-7,9,11-12H2,1-2H3,(H,22,24). The van der Waals surface area contributed by atoms with Gasteiger partial charge in [-0.2, -0.15) is 0 Å². The Morgan fingerprint density at radius 3 is 2.81 bits per heavy atom. The van der Waals surface area contributed by atoms with Gasteiger partial charge in [-0.15, -0.1) is 0 Å². The number of amides is 1. The maximum atomic E-state index is 11.8. The van der Waals surface area contributed by atoms with Gasteiger partial charge in [-0.1, -0.05) is 19.9 Å². The highest BCUT2D eigenvalue weighted by Gasteiger charge is 2.59. The maximum Gasteiger partial charge on any atom is 0.331 e. The molecule has 4 rings (SSSR count). The van der Waals surface area contributed by atoms with Crippen LogP contribution in [0, 0.1) is 34.5 Å². The lowest BCUT2D eigenvalue weighted by molar-refractivity contribution is -0.151. The molecule has 3 aliphatic carbocycles. The second kappa shape index (κ2) is 6.36. The molecule has 1 heterocycles. The van der Waals surface area contributed by atoms with Crippen molar-refractivity contribution in [2.75, 3.05) is 13.2 Å². The topological polar surface area (TPSA) is 75.6 Å². The zero-order valence-electron chi connectivity index (χ0n) is 15.9. The van der Waals surface area contributed by atoms with E-state index in [2.05, 4.69) is 25.2 Å². The van der Waals surface area contributed by atoms with Gasteiger partial charge in [0.2, 0.25) is 5.91 Å². The first-order chi connectivity index (χ1) is 12.4. The summed E-state index contributed by atoms with van der Waals surface area (Å²) in [6.07, 6.45) is 10.8. The fourth-order valence-corrected chi connectivity index (χ4v) is 6.96. The normalized spacial score (nSPS) is 46.7. The van der Waals surface area contributed by atoms with Gasteiger partial charge in [0.15, 0.2) is 0 Å². The Morgan fingerprint density at radius 2 is 2.04 bits per heavy atom. The Labute approximate surface area is 155 Å². The van der Waals surface area contributed by atoms with Gasteiger partial charge in [0.25, 0.3) is 0 Å². The van der Waals surface area contributed by atoms with Crippen LogP contribution in [-0.2, 0) is 14.3 Å². The van der Waals surface area contributed by atoms with Crippen LogP contribution in [-0.4, -0.2) is 36.2 Å². The van der Waals surface area contributed by atoms with Gasteiger partial charge < -0.3 is 15.2 Å². The van der Waals surface area contributed by atoms with Gasteiger partial charge >= 0.3 is 5.97 Å². The number of aliphatic hydroxyl groups is 1. The van der Waals surface area contributed by atoms with E-state index in [1.807, 2.05) is 0 Å². The third-order valence-electron chi connectivity index (χ3n) is 8.46. The summed E-state index contributed by atoms with van der Waals surface area (Å²) in [5.74, 6) is 1.92. The largest absolute Gasteiger partial charge is 0.464 e. The highest BCUT2D eigenvalue weighted by atomic mass is 16.5. The van der Waals surface area contributed by atoms with Gasteiger partial charge in [0.1, 0.15) is 6.61 Å². The SMILES string of the molecule is CC12C=CC(=O)NC1CCC1C2CCC2(C)C(COC(=O)CO)CCC12. The molecule has 0 spiro atoms. The number of aliphatic hydroxyl groups excluding tert-OH is 1. The van der Waals surface area contributed by atoms with Crippen molar-refractivity contribution in [3.8, 4) is 0 Å². The molecule has 7 unspecified atom stereocenters. The maximum absolute atomic E-state index is 11.8. The highest BCUT2D eigenvalue weighted by molar-refractivity contribution is 5.89. The average Bonchev–Trinajstić information content (AvgIpc) is 2.96. The van der Waals surface area contributed by atoms with Crippen LogP contribution < -0.4 is 5.32 Å². The molecule has 4 aliphatic rings. The lowest BCUT2D eigenvalue weighted by Crippen LogP contribution is -2.59. The Morgan fingerprint density at radius 1 is 1.23 bits per heavy atom. The van der Waals surface area contributed by atoms with Crippen molar-refractivity contribution in [3.05, 3.63) is 12.2 Å².